The first kappa shape index (κ1) is 28.7. The number of carboxylic acid groups (broad SMARTS) is 1. The number of aliphatic carboxylic acids is 1. The molecule has 0 bridgehead atoms. The molecule has 1 amide bonds. The third-order valence-corrected chi connectivity index (χ3v) is 7.98. The molecule has 3 aromatic carbocycles. The quantitative estimate of drug-likeness (QED) is 0.272. The number of aryl methyl sites for hydroxylation is 1. The van der Waals surface area contributed by atoms with E-state index < -0.39 is 17.0 Å². The van der Waals surface area contributed by atoms with Crippen molar-refractivity contribution in [3.63, 3.8) is 0 Å². The van der Waals surface area contributed by atoms with Gasteiger partial charge in [0.1, 0.15) is 5.01 Å². The van der Waals surface area contributed by atoms with Crippen molar-refractivity contribution in [3.8, 4) is 21.7 Å². The summed E-state index contributed by atoms with van der Waals surface area (Å²) in [6, 6.07) is 15.4. The van der Waals surface area contributed by atoms with Crippen molar-refractivity contribution < 1.29 is 19.8 Å². The van der Waals surface area contributed by atoms with E-state index in [4.69, 9.17) is 21.7 Å². The van der Waals surface area contributed by atoms with Crippen LogP contribution in [0.4, 0.5) is 5.69 Å². The Kier molecular flexibility index (Phi) is 7.65. The lowest BCUT2D eigenvalue weighted by atomic mass is 9.85. The Bertz CT molecular complexity index is 1580. The normalized spacial score (nSPS) is 14.3. The van der Waals surface area contributed by atoms with E-state index in [2.05, 4.69) is 6.07 Å². The molecule has 0 saturated carbocycles. The fourth-order valence-electron chi connectivity index (χ4n) is 4.77. The molecule has 0 aliphatic carbocycles. The van der Waals surface area contributed by atoms with Crippen molar-refractivity contribution >= 4 is 50.7 Å². The summed E-state index contributed by atoms with van der Waals surface area (Å²) in [6.07, 6.45) is -0.0750. The fraction of sp³-hybridized carbons (Fsp3) is 0.323. The first-order valence-corrected chi connectivity index (χ1v) is 13.8. The van der Waals surface area contributed by atoms with Gasteiger partial charge in [-0.05, 0) is 100 Å². The molecule has 5 rings (SSSR count). The first-order valence-electron chi connectivity index (χ1n) is 12.6. The number of carboxylic acids is 1. The van der Waals surface area contributed by atoms with Crippen LogP contribution < -0.4 is 4.90 Å². The van der Waals surface area contributed by atoms with Crippen LogP contribution in [0.3, 0.4) is 0 Å². The number of halogens is 1. The first-order chi connectivity index (χ1) is 18.1. The number of hydrogen-bond donors (Lipinski definition) is 2. The maximum absolute atomic E-state index is 12.7. The van der Waals surface area contributed by atoms with E-state index in [0.29, 0.717) is 5.02 Å². The molecule has 0 saturated heterocycles. The summed E-state index contributed by atoms with van der Waals surface area (Å²) in [5.74, 6) is -0.806. The molecule has 6 nitrogen and oxygen atoms in total. The molecular formula is C31H33ClN2O4S. The number of rotatable bonds is 4. The molecule has 204 valence electrons. The van der Waals surface area contributed by atoms with E-state index in [1.807, 2.05) is 63.2 Å². The Balaban J connectivity index is 0.000000648. The molecule has 0 radical (unpaired) electrons. The summed E-state index contributed by atoms with van der Waals surface area (Å²) in [7, 11) is 1.80. The van der Waals surface area contributed by atoms with Crippen LogP contribution >= 0.6 is 22.9 Å². The molecule has 0 fully saturated rings. The third kappa shape index (κ3) is 5.86. The van der Waals surface area contributed by atoms with Gasteiger partial charge in [0.25, 0.3) is 0 Å². The molecule has 1 aromatic heterocycles. The maximum Gasteiger partial charge on any atom is 0.307 e. The summed E-state index contributed by atoms with van der Waals surface area (Å²) < 4.78 is 0.937. The number of nitrogens with zero attached hydrogens (tertiary/aromatic N) is 2. The number of amides is 1. The van der Waals surface area contributed by atoms with E-state index >= 15 is 0 Å². The van der Waals surface area contributed by atoms with Gasteiger partial charge < -0.3 is 15.1 Å². The predicted octanol–water partition coefficient (Wildman–Crippen LogP) is 7.25. The van der Waals surface area contributed by atoms with Crippen LogP contribution in [-0.2, 0) is 21.4 Å². The molecule has 0 spiro atoms. The zero-order chi connectivity index (χ0) is 28.9. The SMILES string of the molecule is CC(C)(C)O.Cc1cc2nc(-c3ccc4c(c3)C(C)(C)C(=O)N4C)sc2c(-c2ccc(Cl)cc2)c1CC(=O)O. The Morgan fingerprint density at radius 3 is 2.26 bits per heavy atom. The fourth-order valence-corrected chi connectivity index (χ4v) is 6.03. The van der Waals surface area contributed by atoms with Crippen LogP contribution in [0, 0.1) is 6.92 Å². The van der Waals surface area contributed by atoms with Crippen LogP contribution in [0.15, 0.2) is 48.5 Å². The third-order valence-electron chi connectivity index (χ3n) is 6.59. The topological polar surface area (TPSA) is 90.7 Å². The highest BCUT2D eigenvalue weighted by atomic mass is 35.5. The number of aliphatic hydroxyl groups is 1. The zero-order valence-corrected chi connectivity index (χ0v) is 24.8. The van der Waals surface area contributed by atoms with Crippen molar-refractivity contribution in [1.82, 2.24) is 4.98 Å². The molecule has 2 N–H and O–H groups in total. The number of anilines is 1. The van der Waals surface area contributed by atoms with E-state index in [0.717, 1.165) is 54.3 Å². The lowest BCUT2D eigenvalue weighted by molar-refractivity contribution is -0.136. The van der Waals surface area contributed by atoms with Crippen molar-refractivity contribution in [1.29, 1.82) is 0 Å². The number of carbonyl (C=O) groups is 2. The molecule has 0 atom stereocenters. The molecule has 0 unspecified atom stereocenters. The summed E-state index contributed by atoms with van der Waals surface area (Å²) >= 11 is 7.65. The van der Waals surface area contributed by atoms with E-state index in [-0.39, 0.29) is 12.3 Å². The molecule has 1 aliphatic heterocycles. The van der Waals surface area contributed by atoms with Gasteiger partial charge >= 0.3 is 5.97 Å². The predicted molar refractivity (Wildman–Crippen MR) is 160 cm³/mol. The number of benzene rings is 3. The molecule has 8 heteroatoms. The Labute approximate surface area is 237 Å². The number of thiazole rings is 1. The molecule has 39 heavy (non-hydrogen) atoms. The van der Waals surface area contributed by atoms with Gasteiger partial charge in [0.2, 0.25) is 5.91 Å². The monoisotopic (exact) mass is 564 g/mol. The van der Waals surface area contributed by atoms with Crippen LogP contribution in [0.1, 0.15) is 51.3 Å². The maximum atomic E-state index is 12.7. The summed E-state index contributed by atoms with van der Waals surface area (Å²) in [6.45, 7) is 11.0. The molecular weight excluding hydrogens is 532 g/mol. The van der Waals surface area contributed by atoms with Gasteiger partial charge in [-0.3, -0.25) is 9.59 Å². The number of hydrogen-bond acceptors (Lipinski definition) is 5. The lowest BCUT2D eigenvalue weighted by Gasteiger charge is -2.16. The van der Waals surface area contributed by atoms with Gasteiger partial charge in [0, 0.05) is 28.9 Å². The second-order valence-corrected chi connectivity index (χ2v) is 12.8. The van der Waals surface area contributed by atoms with Crippen molar-refractivity contribution in [2.45, 2.75) is 59.0 Å². The van der Waals surface area contributed by atoms with Gasteiger partial charge in [-0.1, -0.05) is 23.7 Å². The van der Waals surface area contributed by atoms with Gasteiger partial charge in [-0.2, -0.15) is 0 Å². The van der Waals surface area contributed by atoms with Crippen molar-refractivity contribution in [2.75, 3.05) is 11.9 Å². The minimum Gasteiger partial charge on any atom is -0.481 e. The Morgan fingerprint density at radius 1 is 1.08 bits per heavy atom. The average Bonchev–Trinajstić information content (AvgIpc) is 3.32. The second kappa shape index (κ2) is 10.4. The molecule has 4 aromatic rings. The van der Waals surface area contributed by atoms with Crippen LogP contribution in [0.25, 0.3) is 31.9 Å². The highest BCUT2D eigenvalue weighted by molar-refractivity contribution is 7.22. The highest BCUT2D eigenvalue weighted by Crippen LogP contribution is 2.45. The van der Waals surface area contributed by atoms with Gasteiger partial charge in [-0.15, -0.1) is 11.3 Å². The second-order valence-electron chi connectivity index (χ2n) is 11.4. The van der Waals surface area contributed by atoms with Crippen LogP contribution in [0.5, 0.6) is 0 Å². The minimum atomic E-state index is -0.878. The number of fused-ring (bicyclic) bond motifs is 2. The van der Waals surface area contributed by atoms with E-state index in [9.17, 15) is 14.7 Å². The van der Waals surface area contributed by atoms with E-state index in [1.165, 1.54) is 11.3 Å². The summed E-state index contributed by atoms with van der Waals surface area (Å²) in [5.41, 5.74) is 6.02. The Hall–Kier alpha value is -3.26. The van der Waals surface area contributed by atoms with Gasteiger partial charge in [0.15, 0.2) is 0 Å². The molecule has 2 heterocycles. The van der Waals surface area contributed by atoms with E-state index in [1.54, 1.807) is 32.7 Å². The largest absolute Gasteiger partial charge is 0.481 e. The lowest BCUT2D eigenvalue weighted by Crippen LogP contribution is -2.33. The van der Waals surface area contributed by atoms with Gasteiger partial charge in [-0.25, -0.2) is 4.98 Å². The smallest absolute Gasteiger partial charge is 0.307 e. The standard InChI is InChI=1S/C27H23ClN2O3S.C4H10O/c1-14-11-20-24(23(18(14)13-22(31)32)15-5-8-17(28)9-6-15)34-25(29-20)16-7-10-21-19(12-16)27(2,3)26(33)30(21)4;1-4(2,3)5/h5-12H,13H2,1-4H3,(H,31,32);5H,1-3H3. The number of carbonyl (C=O) groups excluding carboxylic acids is 1. The molecule has 1 aliphatic rings. The Morgan fingerprint density at radius 2 is 1.67 bits per heavy atom. The summed E-state index contributed by atoms with van der Waals surface area (Å²) in [5, 5.41) is 19.6. The number of likely N-dealkylation sites (N-methyl/N-ethyl adjacent to an activating group) is 1. The van der Waals surface area contributed by atoms with Crippen molar-refractivity contribution in [2.24, 2.45) is 0 Å². The van der Waals surface area contributed by atoms with Gasteiger partial charge in [0.05, 0.1) is 27.7 Å². The summed E-state index contributed by atoms with van der Waals surface area (Å²) in [4.78, 5) is 31.0. The number of aromatic nitrogens is 1. The minimum absolute atomic E-state index is 0.0721. The average molecular weight is 565 g/mol. The van der Waals surface area contributed by atoms with Crippen molar-refractivity contribution in [3.05, 3.63) is 70.2 Å². The van der Waals surface area contributed by atoms with Crippen LogP contribution in [-0.4, -0.2) is 39.7 Å². The highest BCUT2D eigenvalue weighted by Gasteiger charge is 2.42. The zero-order valence-electron chi connectivity index (χ0n) is 23.2. The van der Waals surface area contributed by atoms with Crippen LogP contribution in [0.2, 0.25) is 5.02 Å².